The van der Waals surface area contributed by atoms with Crippen LogP contribution < -0.4 is 10.6 Å². The van der Waals surface area contributed by atoms with Gasteiger partial charge < -0.3 is 20.1 Å². The van der Waals surface area contributed by atoms with Gasteiger partial charge in [0, 0.05) is 5.69 Å². The minimum absolute atomic E-state index is 0.0331. The average Bonchev–Trinajstić information content (AvgIpc) is 2.82. The zero-order valence-corrected chi connectivity index (χ0v) is 22.3. The topological polar surface area (TPSA) is 76.7 Å². The van der Waals surface area contributed by atoms with E-state index >= 15 is 0 Å². The Labute approximate surface area is 220 Å². The fraction of sp³-hybridized carbons (Fsp3) is 0.548. The zero-order valence-electron chi connectivity index (χ0n) is 22.3. The largest absolute Gasteiger partial charge is 0.444 e. The number of hydrogen-bond acceptors (Lipinski definition) is 4. The first kappa shape index (κ1) is 25.8. The molecule has 0 saturated heterocycles. The minimum Gasteiger partial charge on any atom is -0.444 e. The summed E-state index contributed by atoms with van der Waals surface area (Å²) >= 11 is 0. The van der Waals surface area contributed by atoms with E-state index in [1.54, 1.807) is 20.8 Å². The van der Waals surface area contributed by atoms with Crippen LogP contribution >= 0.6 is 0 Å². The van der Waals surface area contributed by atoms with Crippen LogP contribution in [0.25, 0.3) is 0 Å². The van der Waals surface area contributed by atoms with Gasteiger partial charge in [-0.2, -0.15) is 0 Å². The summed E-state index contributed by atoms with van der Waals surface area (Å²) in [5.74, 6) is 2.34. The lowest BCUT2D eigenvalue weighted by molar-refractivity contribution is -0.119. The van der Waals surface area contributed by atoms with Crippen LogP contribution in [0.1, 0.15) is 70.4 Å². The predicted octanol–water partition coefficient (Wildman–Crippen LogP) is 6.20. The summed E-state index contributed by atoms with van der Waals surface area (Å²) in [6.45, 7) is 5.75. The highest BCUT2D eigenvalue weighted by atomic mass is 16.6. The molecule has 0 aliphatic heterocycles. The number of carbonyl (C=O) groups excluding carboxylic acids is 2. The molecule has 2 aromatic rings. The Kier molecular flexibility index (Phi) is 7.30. The number of anilines is 1. The summed E-state index contributed by atoms with van der Waals surface area (Å²) in [4.78, 5) is 25.6. The van der Waals surface area contributed by atoms with Crippen molar-refractivity contribution in [1.82, 2.24) is 5.32 Å². The van der Waals surface area contributed by atoms with E-state index in [0.717, 1.165) is 29.0 Å². The minimum atomic E-state index is -0.888. The first-order valence-corrected chi connectivity index (χ1v) is 13.7. The number of nitrogens with one attached hydrogen (secondary N) is 2. The highest BCUT2D eigenvalue weighted by molar-refractivity contribution is 5.96. The van der Waals surface area contributed by atoms with Crippen molar-refractivity contribution in [3.8, 4) is 0 Å². The van der Waals surface area contributed by atoms with Gasteiger partial charge in [-0.3, -0.25) is 4.79 Å². The van der Waals surface area contributed by atoms with E-state index in [2.05, 4.69) is 22.8 Å². The molecular weight excluding hydrogens is 464 g/mol. The van der Waals surface area contributed by atoms with Crippen LogP contribution in [0.15, 0.2) is 54.6 Å². The van der Waals surface area contributed by atoms with Gasteiger partial charge in [-0.15, -0.1) is 0 Å². The van der Waals surface area contributed by atoms with E-state index in [0.29, 0.717) is 12.0 Å². The second-order valence-electron chi connectivity index (χ2n) is 12.5. The Bertz CT molecular complexity index is 1060. The van der Waals surface area contributed by atoms with Crippen molar-refractivity contribution >= 4 is 17.7 Å². The Balaban J connectivity index is 1.23. The molecule has 4 bridgehead atoms. The fourth-order valence-electron chi connectivity index (χ4n) is 7.10. The highest BCUT2D eigenvalue weighted by Crippen LogP contribution is 2.60. The van der Waals surface area contributed by atoms with Crippen LogP contribution in [0.4, 0.5) is 10.5 Å². The molecule has 1 atom stereocenters. The molecule has 6 rings (SSSR count). The normalized spacial score (nSPS) is 26.9. The van der Waals surface area contributed by atoms with Gasteiger partial charge in [-0.25, -0.2) is 4.79 Å². The van der Waals surface area contributed by atoms with Gasteiger partial charge in [0.15, 0.2) is 0 Å². The second kappa shape index (κ2) is 10.5. The van der Waals surface area contributed by atoms with Crippen molar-refractivity contribution in [2.45, 2.75) is 83.0 Å². The number of rotatable bonds is 8. The van der Waals surface area contributed by atoms with Gasteiger partial charge in [0.05, 0.1) is 13.2 Å². The summed E-state index contributed by atoms with van der Waals surface area (Å²) in [5, 5.41) is 5.65. The van der Waals surface area contributed by atoms with Crippen molar-refractivity contribution in [1.29, 1.82) is 0 Å². The lowest BCUT2D eigenvalue weighted by atomic mass is 9.48. The van der Waals surface area contributed by atoms with Crippen LogP contribution in [0.3, 0.4) is 0 Å². The summed E-state index contributed by atoms with van der Waals surface area (Å²) in [7, 11) is 0. The molecule has 4 aliphatic rings. The molecule has 4 fully saturated rings. The van der Waals surface area contributed by atoms with Gasteiger partial charge in [0.25, 0.3) is 0 Å². The Hall–Kier alpha value is -2.86. The number of benzene rings is 2. The third kappa shape index (κ3) is 6.35. The van der Waals surface area contributed by atoms with Crippen LogP contribution in [-0.2, 0) is 26.3 Å². The third-order valence-electron chi connectivity index (χ3n) is 8.21. The van der Waals surface area contributed by atoms with E-state index in [4.69, 9.17) is 9.47 Å². The molecule has 0 radical (unpaired) electrons. The van der Waals surface area contributed by atoms with E-state index in [9.17, 15) is 9.59 Å². The number of hydrogen-bond donors (Lipinski definition) is 2. The monoisotopic (exact) mass is 504 g/mol. The average molecular weight is 505 g/mol. The molecule has 0 heterocycles. The zero-order chi connectivity index (χ0) is 26.0. The predicted molar refractivity (Wildman–Crippen MR) is 144 cm³/mol. The molecule has 6 nitrogen and oxygen atoms in total. The van der Waals surface area contributed by atoms with E-state index in [-0.39, 0.29) is 12.5 Å². The highest BCUT2D eigenvalue weighted by Gasteiger charge is 2.51. The molecule has 6 heteroatoms. The van der Waals surface area contributed by atoms with Crippen molar-refractivity contribution < 1.29 is 19.1 Å². The van der Waals surface area contributed by atoms with Gasteiger partial charge in [-0.1, -0.05) is 42.5 Å². The number of alkyl carbamates (subject to hydrolysis) is 1. The number of amides is 2. The molecular formula is C31H40N2O4. The van der Waals surface area contributed by atoms with E-state index < -0.39 is 17.7 Å². The molecule has 2 N–H and O–H groups in total. The molecule has 37 heavy (non-hydrogen) atoms. The molecule has 2 amide bonds. The molecule has 0 aromatic heterocycles. The van der Waals surface area contributed by atoms with E-state index in [1.165, 1.54) is 44.1 Å². The lowest BCUT2D eigenvalue weighted by Crippen LogP contribution is -2.48. The Morgan fingerprint density at radius 3 is 2.08 bits per heavy atom. The van der Waals surface area contributed by atoms with Crippen LogP contribution in [0.5, 0.6) is 0 Å². The molecule has 0 unspecified atom stereocenters. The van der Waals surface area contributed by atoms with Crippen molar-refractivity contribution in [2.75, 3.05) is 11.9 Å². The fourth-order valence-corrected chi connectivity index (χ4v) is 7.10. The van der Waals surface area contributed by atoms with Gasteiger partial charge in [0.2, 0.25) is 5.91 Å². The van der Waals surface area contributed by atoms with Crippen LogP contribution in [0, 0.1) is 17.8 Å². The SMILES string of the molecule is CC(C)(C)OC(=O)N[C@@H](COCc1ccccc1)C(=O)Nc1ccc(C23CC4CC(CC(C4)C2)C3)cc1. The third-order valence-corrected chi connectivity index (χ3v) is 8.21. The maximum Gasteiger partial charge on any atom is 0.408 e. The number of ether oxygens (including phenoxy) is 2. The maximum atomic E-state index is 13.2. The molecule has 2 aromatic carbocycles. The first-order chi connectivity index (χ1) is 17.7. The second-order valence-corrected chi connectivity index (χ2v) is 12.5. The van der Waals surface area contributed by atoms with Crippen LogP contribution in [-0.4, -0.2) is 30.3 Å². The summed E-state index contributed by atoms with van der Waals surface area (Å²) in [5.41, 5.74) is 2.79. The Morgan fingerprint density at radius 1 is 0.919 bits per heavy atom. The van der Waals surface area contributed by atoms with Gasteiger partial charge >= 0.3 is 6.09 Å². The number of carbonyl (C=O) groups is 2. The summed E-state index contributed by atoms with van der Waals surface area (Å²) in [6, 6.07) is 17.3. The molecule has 0 spiro atoms. The van der Waals surface area contributed by atoms with E-state index in [1.807, 2.05) is 42.5 Å². The van der Waals surface area contributed by atoms with Gasteiger partial charge in [-0.05, 0) is 106 Å². The lowest BCUT2D eigenvalue weighted by Gasteiger charge is -2.57. The Morgan fingerprint density at radius 2 is 1.51 bits per heavy atom. The summed E-state index contributed by atoms with van der Waals surface area (Å²) in [6.07, 6.45) is 7.55. The standard InChI is InChI=1S/C31H40N2O4/c1-30(2,3)37-29(35)33-27(20-36-19-21-7-5-4-6-8-21)28(34)32-26-11-9-25(10-12-26)31-16-22-13-23(17-31)15-24(14-22)18-31/h4-12,22-24,27H,13-20H2,1-3H3,(H,32,34)(H,33,35)/t22?,23?,24?,27-,31?/m0/s1. The molecule has 4 aliphatic carbocycles. The quantitative estimate of drug-likeness (QED) is 0.449. The maximum absolute atomic E-state index is 13.2. The smallest absolute Gasteiger partial charge is 0.408 e. The van der Waals surface area contributed by atoms with Crippen LogP contribution in [0.2, 0.25) is 0 Å². The van der Waals surface area contributed by atoms with Gasteiger partial charge in [0.1, 0.15) is 11.6 Å². The summed E-state index contributed by atoms with van der Waals surface area (Å²) < 4.78 is 11.2. The first-order valence-electron chi connectivity index (χ1n) is 13.7. The van der Waals surface area contributed by atoms with Crippen molar-refractivity contribution in [3.05, 3.63) is 65.7 Å². The van der Waals surface area contributed by atoms with Crippen molar-refractivity contribution in [3.63, 3.8) is 0 Å². The molecule has 198 valence electrons. The van der Waals surface area contributed by atoms with Crippen molar-refractivity contribution in [2.24, 2.45) is 17.8 Å². The molecule has 4 saturated carbocycles.